The van der Waals surface area contributed by atoms with Gasteiger partial charge in [0.25, 0.3) is 0 Å². The monoisotopic (exact) mass is 943 g/mol. The van der Waals surface area contributed by atoms with Crippen LogP contribution in [0, 0.1) is 58.2 Å². The van der Waals surface area contributed by atoms with E-state index < -0.39 is 65.7 Å². The van der Waals surface area contributed by atoms with Crippen LogP contribution in [0.1, 0.15) is 146 Å². The second kappa shape index (κ2) is 23.3. The van der Waals surface area contributed by atoms with Gasteiger partial charge in [0, 0.05) is 29.4 Å². The molecule has 0 bridgehead atoms. The molecule has 14 unspecified atom stereocenters. The Labute approximate surface area is 396 Å². The second-order valence-electron chi connectivity index (χ2n) is 21.3. The van der Waals surface area contributed by atoms with Gasteiger partial charge in [0.2, 0.25) is 0 Å². The number of carbonyl (C=O) groups excluding carboxylic acids is 3. The molecular formula is C52H78O15. The van der Waals surface area contributed by atoms with Crippen LogP contribution in [0.3, 0.4) is 0 Å². The van der Waals surface area contributed by atoms with Crippen molar-refractivity contribution < 1.29 is 73.6 Å². The zero-order valence-electron chi connectivity index (χ0n) is 41.2. The van der Waals surface area contributed by atoms with Gasteiger partial charge in [-0.25, -0.2) is 9.59 Å². The number of cyclic esters (lactones) is 1. The van der Waals surface area contributed by atoms with Gasteiger partial charge in [-0.3, -0.25) is 19.2 Å². The van der Waals surface area contributed by atoms with Crippen molar-refractivity contribution in [2.75, 3.05) is 0 Å². The Kier molecular flexibility index (Phi) is 19.2. The van der Waals surface area contributed by atoms with E-state index in [1.54, 1.807) is 0 Å². The van der Waals surface area contributed by atoms with Crippen LogP contribution in [0.25, 0.3) is 0 Å². The van der Waals surface area contributed by atoms with Gasteiger partial charge in [0.15, 0.2) is 0 Å². The van der Waals surface area contributed by atoms with Crippen LogP contribution < -0.4 is 0 Å². The average molecular weight is 943 g/mol. The smallest absolute Gasteiger partial charge is 0.332 e. The Morgan fingerprint density at radius 1 is 0.701 bits per heavy atom. The van der Waals surface area contributed by atoms with E-state index in [1.165, 1.54) is 0 Å². The summed E-state index contributed by atoms with van der Waals surface area (Å²) in [5.74, 6) is -4.85. The molecule has 0 radical (unpaired) electrons. The third-order valence-electron chi connectivity index (χ3n) is 15.4. The number of ether oxygens (including phenoxy) is 3. The largest absolute Gasteiger partial charge is 0.481 e. The highest BCUT2D eigenvalue weighted by Crippen LogP contribution is 2.50. The molecule has 5 aliphatic rings. The summed E-state index contributed by atoms with van der Waals surface area (Å²) in [6.07, 6.45) is 8.03. The Morgan fingerprint density at radius 2 is 1.15 bits per heavy atom. The van der Waals surface area contributed by atoms with Crippen molar-refractivity contribution in [3.8, 4) is 0 Å². The Balaban J connectivity index is 0.000000293. The molecule has 1 heterocycles. The number of rotatable bonds is 18. The molecule has 15 nitrogen and oxygen atoms in total. The molecule has 5 rings (SSSR count). The Morgan fingerprint density at radius 3 is 1.55 bits per heavy atom. The van der Waals surface area contributed by atoms with E-state index in [-0.39, 0.29) is 84.2 Å². The van der Waals surface area contributed by atoms with Crippen LogP contribution >= 0.6 is 0 Å². The van der Waals surface area contributed by atoms with Crippen LogP contribution in [0.4, 0.5) is 0 Å². The predicted molar refractivity (Wildman–Crippen MR) is 248 cm³/mol. The summed E-state index contributed by atoms with van der Waals surface area (Å²) in [5.41, 5.74) is 0.909. The van der Waals surface area contributed by atoms with Crippen LogP contribution in [-0.4, -0.2) is 103 Å². The van der Waals surface area contributed by atoms with Crippen LogP contribution in [0.5, 0.6) is 0 Å². The Hall–Kier alpha value is -4.34. The number of carboxylic acid groups (broad SMARTS) is 3. The normalized spacial score (nSPS) is 31.6. The van der Waals surface area contributed by atoms with Gasteiger partial charge in [-0.05, 0) is 132 Å². The highest BCUT2D eigenvalue weighted by atomic mass is 16.6. The fourth-order valence-corrected chi connectivity index (χ4v) is 10.6. The van der Waals surface area contributed by atoms with Crippen molar-refractivity contribution in [3.05, 3.63) is 46.6 Å². The van der Waals surface area contributed by atoms with E-state index in [9.17, 15) is 54.3 Å². The minimum atomic E-state index is -1.13. The molecular weight excluding hydrogens is 865 g/mol. The molecule has 0 saturated carbocycles. The lowest BCUT2D eigenvalue weighted by atomic mass is 9.63. The number of aliphatic carboxylic acids is 3. The van der Waals surface area contributed by atoms with E-state index in [4.69, 9.17) is 19.3 Å². The molecule has 0 aromatic heterocycles. The summed E-state index contributed by atoms with van der Waals surface area (Å²) >= 11 is 0. The summed E-state index contributed by atoms with van der Waals surface area (Å²) in [6, 6.07) is 0. The molecule has 4 aliphatic carbocycles. The second-order valence-corrected chi connectivity index (χ2v) is 21.3. The fraction of sp³-hybridized carbons (Fsp3) is 0.731. The van der Waals surface area contributed by atoms with Gasteiger partial charge in [-0.1, -0.05) is 65.8 Å². The third-order valence-corrected chi connectivity index (χ3v) is 15.4. The molecule has 15 heteroatoms. The fourth-order valence-electron chi connectivity index (χ4n) is 10.6. The molecule has 0 aromatic rings. The van der Waals surface area contributed by atoms with Gasteiger partial charge in [0.05, 0.1) is 42.0 Å². The number of aliphatic hydroxyl groups excluding tert-OH is 3. The maximum absolute atomic E-state index is 13.0. The summed E-state index contributed by atoms with van der Waals surface area (Å²) in [7, 11) is 0. The van der Waals surface area contributed by atoms with E-state index in [1.807, 2.05) is 86.6 Å². The van der Waals surface area contributed by atoms with Crippen molar-refractivity contribution in [2.24, 2.45) is 58.2 Å². The maximum Gasteiger partial charge on any atom is 0.332 e. The standard InChI is InChI=1S/C26H40O8.C26H38O7/c1-6-26(4,5)25(33)34-20-11-15(3)22(24(31)32)19-9-7-14(2)18(23(19)20)10-8-16(27)12-17(28)13-21(29)30;1-6-26(4,5)25(31)33-20-11-15(3)22(24(29)30)19-9-7-14(2)18(23(19)20)10-8-17-12-16(27)13-21(28)32-17/h7,9,14-18,20,23,27-28H,6,8,10-13H2,1-5H3,(H,29,30)(H,31,32);7,9,14-18,20,23,27H,6,8,10-13H2,1-5H3,(H,29,30). The number of carbonyl (C=O) groups is 6. The van der Waals surface area contributed by atoms with Gasteiger partial charge >= 0.3 is 35.8 Å². The minimum Gasteiger partial charge on any atom is -0.481 e. The first-order valence-corrected chi connectivity index (χ1v) is 24.4. The topological polar surface area (TPSA) is 251 Å². The predicted octanol–water partition coefficient (Wildman–Crippen LogP) is 7.60. The number of hydrogen-bond donors (Lipinski definition) is 6. The van der Waals surface area contributed by atoms with Gasteiger partial charge in [-0.15, -0.1) is 0 Å². The number of carboxylic acids is 3. The molecule has 67 heavy (non-hydrogen) atoms. The van der Waals surface area contributed by atoms with Crippen LogP contribution in [-0.2, 0) is 43.0 Å². The van der Waals surface area contributed by atoms with Crippen LogP contribution in [0.15, 0.2) is 46.6 Å². The van der Waals surface area contributed by atoms with E-state index in [0.29, 0.717) is 74.5 Å². The summed E-state index contributed by atoms with van der Waals surface area (Å²) < 4.78 is 17.6. The molecule has 0 amide bonds. The molecule has 6 N–H and O–H groups in total. The number of allylic oxidation sites excluding steroid dienone is 4. The lowest BCUT2D eigenvalue weighted by Crippen LogP contribution is -2.45. The zero-order valence-corrected chi connectivity index (χ0v) is 41.2. The number of aliphatic hydroxyl groups is 3. The van der Waals surface area contributed by atoms with E-state index >= 15 is 0 Å². The van der Waals surface area contributed by atoms with Crippen LogP contribution in [0.2, 0.25) is 0 Å². The molecule has 14 atom stereocenters. The van der Waals surface area contributed by atoms with Gasteiger partial charge < -0.3 is 44.8 Å². The molecule has 1 fully saturated rings. The van der Waals surface area contributed by atoms with Gasteiger partial charge in [-0.2, -0.15) is 0 Å². The average Bonchev–Trinajstić information content (AvgIpc) is 3.22. The highest BCUT2D eigenvalue weighted by molar-refractivity contribution is 5.90. The highest BCUT2D eigenvalue weighted by Gasteiger charge is 2.48. The Bertz CT molecular complexity index is 1940. The molecule has 0 spiro atoms. The number of fused-ring (bicyclic) bond motifs is 2. The molecule has 1 saturated heterocycles. The lowest BCUT2D eigenvalue weighted by molar-refractivity contribution is -0.166. The van der Waals surface area contributed by atoms with Gasteiger partial charge in [0.1, 0.15) is 18.3 Å². The SMILES string of the molecule is CCC(C)(C)C(=O)OC1CC(C)C(C(=O)O)=C2C=CC(C)C(CCC(O)CC(O)CC(=O)O)C21.CCC(C)(C)C(=O)OC1CC(C)C(C(=O)O)=C2C=CC(C)C(CCC3CC(O)CC(=O)O3)C21. The first-order chi connectivity index (χ1) is 31.2. The third kappa shape index (κ3) is 13.9. The zero-order chi connectivity index (χ0) is 50.3. The van der Waals surface area contributed by atoms with Crippen molar-refractivity contribution in [1.29, 1.82) is 0 Å². The maximum atomic E-state index is 13.0. The van der Waals surface area contributed by atoms with E-state index in [2.05, 4.69) is 6.92 Å². The van der Waals surface area contributed by atoms with Crippen molar-refractivity contribution in [1.82, 2.24) is 0 Å². The quantitative estimate of drug-likeness (QED) is 0.0572. The summed E-state index contributed by atoms with van der Waals surface area (Å²) in [5, 5.41) is 58.9. The molecule has 1 aliphatic heterocycles. The van der Waals surface area contributed by atoms with E-state index in [0.717, 1.165) is 5.57 Å². The van der Waals surface area contributed by atoms with Crippen molar-refractivity contribution in [3.63, 3.8) is 0 Å². The number of esters is 3. The first kappa shape index (κ1) is 55.3. The molecule has 0 aromatic carbocycles. The lowest BCUT2D eigenvalue weighted by Gasteiger charge is -2.45. The first-order valence-electron chi connectivity index (χ1n) is 24.4. The van der Waals surface area contributed by atoms with Crippen molar-refractivity contribution in [2.45, 2.75) is 183 Å². The van der Waals surface area contributed by atoms with Crippen molar-refractivity contribution >= 4 is 35.8 Å². The number of hydrogen-bond acceptors (Lipinski definition) is 12. The molecule has 376 valence electrons. The minimum absolute atomic E-state index is 0.0275. The summed E-state index contributed by atoms with van der Waals surface area (Å²) in [4.78, 5) is 72.7. The summed E-state index contributed by atoms with van der Waals surface area (Å²) in [6.45, 7) is 19.1.